The number of methoxy groups -OCH3 is 1. The fourth-order valence-corrected chi connectivity index (χ4v) is 7.64. The van der Waals surface area contributed by atoms with Crippen molar-refractivity contribution in [2.45, 2.75) is 69.9 Å². The summed E-state index contributed by atoms with van der Waals surface area (Å²) in [5.74, 6) is 0.599. The first-order valence-corrected chi connectivity index (χ1v) is 14.1. The van der Waals surface area contributed by atoms with Gasteiger partial charge in [-0.15, -0.1) is 0 Å². The van der Waals surface area contributed by atoms with Crippen LogP contribution in [0.15, 0.2) is 35.2 Å². The molecule has 2 atom stereocenters. The highest BCUT2D eigenvalue weighted by Crippen LogP contribution is 2.32. The summed E-state index contributed by atoms with van der Waals surface area (Å²) >= 11 is 0. The van der Waals surface area contributed by atoms with Crippen molar-refractivity contribution < 1.29 is 22.7 Å². The number of carbonyl (C=O) groups is 1. The molecule has 0 bridgehead atoms. The van der Waals surface area contributed by atoms with Gasteiger partial charge in [0.05, 0.1) is 18.6 Å². The molecule has 1 aromatic heterocycles. The monoisotopic (exact) mass is 515 g/mol. The average Bonchev–Trinajstić information content (AvgIpc) is 3.48. The van der Waals surface area contributed by atoms with Gasteiger partial charge in [0, 0.05) is 43.0 Å². The molecular weight excluding hydrogens is 478 g/mol. The van der Waals surface area contributed by atoms with E-state index < -0.39 is 10.0 Å². The highest BCUT2D eigenvalue weighted by atomic mass is 32.2. The maximum Gasteiger partial charge on any atom is 0.248 e. The van der Waals surface area contributed by atoms with E-state index in [1.54, 1.807) is 37.4 Å². The van der Waals surface area contributed by atoms with Gasteiger partial charge in [-0.3, -0.25) is 9.78 Å². The van der Waals surface area contributed by atoms with Gasteiger partial charge in [0.25, 0.3) is 0 Å². The Morgan fingerprint density at radius 3 is 2.44 bits per heavy atom. The SMILES string of the molecule is COc1cc(C)c(S(=O)(=O)N2CCCC2COCC(=O)N2CCCC2Cc2cccc(C)n2)c(C)c1. The van der Waals surface area contributed by atoms with Crippen molar-refractivity contribution in [3.05, 3.63) is 52.8 Å². The van der Waals surface area contributed by atoms with Gasteiger partial charge in [-0.25, -0.2) is 8.42 Å². The Kier molecular flexibility index (Phi) is 8.32. The normalized spacial score (nSPS) is 20.7. The van der Waals surface area contributed by atoms with Crippen LogP contribution in [-0.2, 0) is 26.0 Å². The van der Waals surface area contributed by atoms with E-state index in [1.165, 1.54) is 0 Å². The summed E-state index contributed by atoms with van der Waals surface area (Å²) in [5, 5.41) is 0. The Hall–Kier alpha value is -2.49. The summed E-state index contributed by atoms with van der Waals surface area (Å²) in [6.45, 7) is 6.90. The molecule has 9 heteroatoms. The van der Waals surface area contributed by atoms with E-state index in [1.807, 2.05) is 30.0 Å². The van der Waals surface area contributed by atoms with Crippen LogP contribution in [0.1, 0.15) is 48.2 Å². The van der Waals surface area contributed by atoms with Crippen LogP contribution in [0.3, 0.4) is 0 Å². The maximum absolute atomic E-state index is 13.6. The quantitative estimate of drug-likeness (QED) is 0.509. The molecule has 2 fully saturated rings. The van der Waals surface area contributed by atoms with Gasteiger partial charge >= 0.3 is 0 Å². The Morgan fingerprint density at radius 1 is 1.06 bits per heavy atom. The molecule has 0 spiro atoms. The van der Waals surface area contributed by atoms with E-state index in [9.17, 15) is 13.2 Å². The molecule has 2 aliphatic rings. The molecular formula is C27H37N3O5S. The summed E-state index contributed by atoms with van der Waals surface area (Å²) in [4.78, 5) is 19.8. The average molecular weight is 516 g/mol. The van der Waals surface area contributed by atoms with Crippen LogP contribution in [0, 0.1) is 20.8 Å². The Bertz CT molecular complexity index is 1180. The predicted molar refractivity (Wildman–Crippen MR) is 138 cm³/mol. The summed E-state index contributed by atoms with van der Waals surface area (Å²) in [7, 11) is -2.12. The minimum Gasteiger partial charge on any atom is -0.497 e. The van der Waals surface area contributed by atoms with Crippen molar-refractivity contribution in [2.24, 2.45) is 0 Å². The number of likely N-dealkylation sites (tertiary alicyclic amines) is 1. The number of carbonyl (C=O) groups excluding carboxylic acids is 1. The second-order valence-corrected chi connectivity index (χ2v) is 11.7. The number of benzene rings is 1. The molecule has 0 radical (unpaired) electrons. The van der Waals surface area contributed by atoms with Crippen LogP contribution in [0.5, 0.6) is 5.75 Å². The minimum absolute atomic E-state index is 0.0390. The molecule has 196 valence electrons. The van der Waals surface area contributed by atoms with E-state index >= 15 is 0 Å². The molecule has 3 heterocycles. The van der Waals surface area contributed by atoms with Crippen LogP contribution < -0.4 is 4.74 Å². The van der Waals surface area contributed by atoms with Crippen LogP contribution in [0.4, 0.5) is 0 Å². The van der Waals surface area contributed by atoms with Crippen LogP contribution >= 0.6 is 0 Å². The third-order valence-electron chi connectivity index (χ3n) is 7.18. The number of sulfonamides is 1. The Balaban J connectivity index is 1.36. The van der Waals surface area contributed by atoms with Gasteiger partial charge in [-0.1, -0.05) is 6.07 Å². The molecule has 8 nitrogen and oxygen atoms in total. The Labute approximate surface area is 214 Å². The number of aryl methyl sites for hydroxylation is 3. The highest BCUT2D eigenvalue weighted by Gasteiger charge is 2.37. The van der Waals surface area contributed by atoms with E-state index in [4.69, 9.17) is 9.47 Å². The van der Waals surface area contributed by atoms with E-state index in [0.717, 1.165) is 43.6 Å². The van der Waals surface area contributed by atoms with Gasteiger partial charge in [0.1, 0.15) is 12.4 Å². The number of nitrogens with zero attached hydrogens (tertiary/aromatic N) is 3. The van der Waals surface area contributed by atoms with Crippen molar-refractivity contribution >= 4 is 15.9 Å². The number of rotatable bonds is 9. The number of aromatic nitrogens is 1. The summed E-state index contributed by atoms with van der Waals surface area (Å²) < 4.78 is 39.8. The van der Waals surface area contributed by atoms with Crippen molar-refractivity contribution in [1.82, 2.24) is 14.2 Å². The second-order valence-electron chi connectivity index (χ2n) is 9.87. The lowest BCUT2D eigenvalue weighted by atomic mass is 10.1. The van der Waals surface area contributed by atoms with E-state index in [0.29, 0.717) is 34.7 Å². The smallest absolute Gasteiger partial charge is 0.248 e. The van der Waals surface area contributed by atoms with Crippen molar-refractivity contribution in [3.8, 4) is 5.75 Å². The highest BCUT2D eigenvalue weighted by molar-refractivity contribution is 7.89. The molecule has 2 saturated heterocycles. The zero-order chi connectivity index (χ0) is 25.9. The van der Waals surface area contributed by atoms with E-state index in [2.05, 4.69) is 4.98 Å². The fourth-order valence-electron chi connectivity index (χ4n) is 5.54. The first-order chi connectivity index (χ1) is 17.2. The third-order valence-corrected chi connectivity index (χ3v) is 9.44. The second kappa shape index (κ2) is 11.3. The number of hydrogen-bond acceptors (Lipinski definition) is 6. The zero-order valence-electron chi connectivity index (χ0n) is 21.7. The van der Waals surface area contributed by atoms with Gasteiger partial charge in [-0.05, 0) is 81.8 Å². The minimum atomic E-state index is -3.69. The molecule has 2 aliphatic heterocycles. The zero-order valence-corrected chi connectivity index (χ0v) is 22.5. The van der Waals surface area contributed by atoms with Gasteiger partial charge in [-0.2, -0.15) is 4.31 Å². The first kappa shape index (κ1) is 26.6. The molecule has 0 aliphatic carbocycles. The number of pyridine rings is 1. The molecule has 2 aromatic rings. The van der Waals surface area contributed by atoms with Crippen LogP contribution in [0.25, 0.3) is 0 Å². The van der Waals surface area contributed by atoms with Crippen molar-refractivity contribution in [1.29, 1.82) is 0 Å². The summed E-state index contributed by atoms with van der Waals surface area (Å²) in [6.07, 6.45) is 4.15. The molecule has 1 amide bonds. The van der Waals surface area contributed by atoms with Crippen molar-refractivity contribution in [2.75, 3.05) is 33.4 Å². The van der Waals surface area contributed by atoms with Gasteiger partial charge in [0.2, 0.25) is 15.9 Å². The van der Waals surface area contributed by atoms with Gasteiger partial charge < -0.3 is 14.4 Å². The largest absolute Gasteiger partial charge is 0.497 e. The van der Waals surface area contributed by atoms with E-state index in [-0.39, 0.29) is 31.2 Å². The van der Waals surface area contributed by atoms with Gasteiger partial charge in [0.15, 0.2) is 0 Å². The maximum atomic E-state index is 13.6. The molecule has 1 aromatic carbocycles. The third kappa shape index (κ3) is 5.74. The molecule has 0 saturated carbocycles. The number of ether oxygens (including phenoxy) is 2. The van der Waals surface area contributed by atoms with Crippen LogP contribution in [-0.4, -0.2) is 74.0 Å². The number of amides is 1. The lowest BCUT2D eigenvalue weighted by molar-refractivity contribution is -0.137. The summed E-state index contributed by atoms with van der Waals surface area (Å²) in [6, 6.07) is 9.31. The standard InChI is InChI=1S/C27H37N3O5S/c1-19-14-25(34-4)15-20(2)27(19)36(32,33)30-13-7-11-24(30)17-35-18-26(31)29-12-6-10-23(29)16-22-9-5-8-21(3)28-22/h5,8-9,14-15,23-24H,6-7,10-13,16-18H2,1-4H3. The fraction of sp³-hybridized carbons (Fsp3) is 0.556. The summed E-state index contributed by atoms with van der Waals surface area (Å²) in [5.41, 5.74) is 3.30. The molecule has 4 rings (SSSR count). The lowest BCUT2D eigenvalue weighted by Gasteiger charge is -2.27. The predicted octanol–water partition coefficient (Wildman–Crippen LogP) is 3.42. The Morgan fingerprint density at radius 2 is 1.75 bits per heavy atom. The topological polar surface area (TPSA) is 89.0 Å². The first-order valence-electron chi connectivity index (χ1n) is 12.7. The van der Waals surface area contributed by atoms with Crippen LogP contribution in [0.2, 0.25) is 0 Å². The molecule has 0 N–H and O–H groups in total. The number of hydrogen-bond donors (Lipinski definition) is 0. The molecule has 2 unspecified atom stereocenters. The van der Waals surface area contributed by atoms with Crippen molar-refractivity contribution in [3.63, 3.8) is 0 Å². The molecule has 36 heavy (non-hydrogen) atoms. The lowest BCUT2D eigenvalue weighted by Crippen LogP contribution is -2.41.